The first-order chi connectivity index (χ1) is 13.6. The molecule has 0 saturated heterocycles. The Labute approximate surface area is 160 Å². The zero-order valence-corrected chi connectivity index (χ0v) is 15.0. The predicted octanol–water partition coefficient (Wildman–Crippen LogP) is 5.38. The third kappa shape index (κ3) is 3.59. The molecule has 0 bridgehead atoms. The number of nitrogens with zero attached hydrogens (tertiary/aromatic N) is 3. The molecule has 1 heterocycles. The summed E-state index contributed by atoms with van der Waals surface area (Å²) in [4.78, 5) is 19.1. The number of nitro benzene ring substituents is 1. The van der Waals surface area contributed by atoms with E-state index in [1.807, 2.05) is 55.5 Å². The average Bonchev–Trinajstić information content (AvgIpc) is 2.71. The van der Waals surface area contributed by atoms with Crippen LogP contribution in [0, 0.1) is 17.0 Å². The number of anilines is 2. The highest BCUT2D eigenvalue weighted by Crippen LogP contribution is 2.30. The van der Waals surface area contributed by atoms with Crippen molar-refractivity contribution in [2.45, 2.75) is 6.92 Å². The van der Waals surface area contributed by atoms with Gasteiger partial charge in [0.15, 0.2) is 0 Å². The van der Waals surface area contributed by atoms with Crippen LogP contribution in [0.4, 0.5) is 17.2 Å². The van der Waals surface area contributed by atoms with E-state index in [0.717, 1.165) is 22.7 Å². The summed E-state index contributed by atoms with van der Waals surface area (Å²) >= 11 is 0. The summed E-state index contributed by atoms with van der Waals surface area (Å²) in [7, 11) is 0. The number of benzene rings is 3. The van der Waals surface area contributed by atoms with Crippen molar-refractivity contribution in [3.63, 3.8) is 0 Å². The van der Waals surface area contributed by atoms with Crippen LogP contribution in [0.3, 0.4) is 0 Å². The molecule has 0 aliphatic carbocycles. The summed E-state index contributed by atoms with van der Waals surface area (Å²) in [5.41, 5.74) is 2.36. The molecule has 0 fully saturated rings. The molecule has 7 nitrogen and oxygen atoms in total. The lowest BCUT2D eigenvalue weighted by molar-refractivity contribution is -0.384. The van der Waals surface area contributed by atoms with Gasteiger partial charge in [0, 0.05) is 23.2 Å². The van der Waals surface area contributed by atoms with E-state index in [0.29, 0.717) is 16.7 Å². The van der Waals surface area contributed by atoms with Gasteiger partial charge in [-0.05, 0) is 48.9 Å². The molecule has 0 aliphatic heterocycles. The lowest BCUT2D eigenvalue weighted by Crippen LogP contribution is -1.98. The smallest absolute Gasteiger partial charge is 0.270 e. The lowest BCUT2D eigenvalue weighted by atomic mass is 10.1. The monoisotopic (exact) mass is 372 g/mol. The second-order valence-electron chi connectivity index (χ2n) is 6.20. The molecule has 4 rings (SSSR count). The van der Waals surface area contributed by atoms with Crippen LogP contribution in [-0.4, -0.2) is 14.9 Å². The van der Waals surface area contributed by atoms with Gasteiger partial charge in [-0.15, -0.1) is 0 Å². The zero-order valence-electron chi connectivity index (χ0n) is 15.0. The minimum atomic E-state index is -0.434. The summed E-state index contributed by atoms with van der Waals surface area (Å²) in [6, 6.07) is 19.7. The number of aryl methyl sites for hydroxylation is 1. The van der Waals surface area contributed by atoms with Crippen molar-refractivity contribution in [3.05, 3.63) is 88.7 Å². The Balaban J connectivity index is 1.63. The molecule has 0 spiro atoms. The quantitative estimate of drug-likeness (QED) is 0.373. The van der Waals surface area contributed by atoms with Crippen LogP contribution in [0.5, 0.6) is 11.5 Å². The first-order valence-corrected chi connectivity index (χ1v) is 8.60. The van der Waals surface area contributed by atoms with E-state index < -0.39 is 4.92 Å². The largest absolute Gasteiger partial charge is 0.457 e. The van der Waals surface area contributed by atoms with Gasteiger partial charge in [0.25, 0.3) is 5.69 Å². The maximum Gasteiger partial charge on any atom is 0.270 e. The molecule has 3 aromatic carbocycles. The Hall–Kier alpha value is -4.00. The van der Waals surface area contributed by atoms with Gasteiger partial charge in [0.1, 0.15) is 23.6 Å². The van der Waals surface area contributed by atoms with Crippen LogP contribution in [-0.2, 0) is 0 Å². The minimum absolute atomic E-state index is 0.00635. The highest BCUT2D eigenvalue weighted by Gasteiger charge is 2.11. The van der Waals surface area contributed by atoms with Crippen molar-refractivity contribution in [2.75, 3.05) is 5.32 Å². The minimum Gasteiger partial charge on any atom is -0.457 e. The Kier molecular flexibility index (Phi) is 4.55. The topological polar surface area (TPSA) is 90.2 Å². The third-order valence-corrected chi connectivity index (χ3v) is 4.24. The normalized spacial score (nSPS) is 10.6. The van der Waals surface area contributed by atoms with Crippen LogP contribution in [0.1, 0.15) is 5.56 Å². The van der Waals surface area contributed by atoms with E-state index in [9.17, 15) is 10.1 Å². The molecule has 0 radical (unpaired) electrons. The lowest BCUT2D eigenvalue weighted by Gasteiger charge is -2.12. The van der Waals surface area contributed by atoms with Crippen LogP contribution in [0.25, 0.3) is 10.9 Å². The van der Waals surface area contributed by atoms with Crippen LogP contribution < -0.4 is 10.1 Å². The Bertz CT molecular complexity index is 1160. The summed E-state index contributed by atoms with van der Waals surface area (Å²) in [5, 5.41) is 14.9. The van der Waals surface area contributed by atoms with Crippen molar-refractivity contribution in [2.24, 2.45) is 0 Å². The standard InChI is InChI=1S/C21H16N4O3/c1-14-11-15(7-10-20(14)28-17-5-3-2-4-6-17)24-21-18-12-16(25(26)27)8-9-19(18)22-13-23-21/h2-13H,1H3,(H,22,23,24). The number of hydrogen-bond donors (Lipinski definition) is 1. The predicted molar refractivity (Wildman–Crippen MR) is 107 cm³/mol. The number of ether oxygens (including phenoxy) is 1. The fourth-order valence-electron chi connectivity index (χ4n) is 2.85. The van der Waals surface area contributed by atoms with Crippen molar-refractivity contribution >= 4 is 28.1 Å². The molecule has 1 aromatic heterocycles. The summed E-state index contributed by atoms with van der Waals surface area (Å²) in [5.74, 6) is 2.02. The van der Waals surface area contributed by atoms with Gasteiger partial charge < -0.3 is 10.1 Å². The van der Waals surface area contributed by atoms with Crippen LogP contribution in [0.2, 0.25) is 0 Å². The number of hydrogen-bond acceptors (Lipinski definition) is 6. The fraction of sp³-hybridized carbons (Fsp3) is 0.0476. The maximum absolute atomic E-state index is 11.1. The van der Waals surface area contributed by atoms with Gasteiger partial charge in [0.2, 0.25) is 0 Å². The van der Waals surface area contributed by atoms with Gasteiger partial charge in [-0.1, -0.05) is 18.2 Å². The van der Waals surface area contributed by atoms with E-state index in [2.05, 4.69) is 15.3 Å². The van der Waals surface area contributed by atoms with Gasteiger partial charge in [-0.3, -0.25) is 10.1 Å². The number of para-hydroxylation sites is 1. The molecule has 0 aliphatic rings. The van der Waals surface area contributed by atoms with Gasteiger partial charge in [-0.25, -0.2) is 9.97 Å². The Morgan fingerprint density at radius 2 is 1.82 bits per heavy atom. The molecule has 7 heteroatoms. The number of aromatic nitrogens is 2. The van der Waals surface area contributed by atoms with Crippen molar-refractivity contribution in [1.29, 1.82) is 0 Å². The number of nitro groups is 1. The fourth-order valence-corrected chi connectivity index (χ4v) is 2.85. The average molecular weight is 372 g/mol. The molecular formula is C21H16N4O3. The maximum atomic E-state index is 11.1. The van der Waals surface area contributed by atoms with Gasteiger partial charge >= 0.3 is 0 Å². The molecule has 0 atom stereocenters. The van der Waals surface area contributed by atoms with E-state index in [-0.39, 0.29) is 5.69 Å². The molecular weight excluding hydrogens is 356 g/mol. The second kappa shape index (κ2) is 7.32. The van der Waals surface area contributed by atoms with Crippen LogP contribution in [0.15, 0.2) is 73.1 Å². The number of rotatable bonds is 5. The summed E-state index contributed by atoms with van der Waals surface area (Å²) in [6.45, 7) is 1.95. The SMILES string of the molecule is Cc1cc(Nc2ncnc3ccc([N+](=O)[O-])cc23)ccc1Oc1ccccc1. The molecule has 0 saturated carbocycles. The molecule has 138 valence electrons. The van der Waals surface area contributed by atoms with E-state index in [1.54, 1.807) is 6.07 Å². The van der Waals surface area contributed by atoms with Crippen molar-refractivity contribution < 1.29 is 9.66 Å². The van der Waals surface area contributed by atoms with Gasteiger partial charge in [-0.2, -0.15) is 0 Å². The first-order valence-electron chi connectivity index (χ1n) is 8.60. The third-order valence-electron chi connectivity index (χ3n) is 4.24. The highest BCUT2D eigenvalue weighted by molar-refractivity contribution is 5.92. The highest BCUT2D eigenvalue weighted by atomic mass is 16.6. The molecule has 1 N–H and O–H groups in total. The van der Waals surface area contributed by atoms with E-state index in [1.165, 1.54) is 18.5 Å². The zero-order chi connectivity index (χ0) is 19.5. The summed E-state index contributed by atoms with van der Waals surface area (Å²) < 4.78 is 5.90. The number of nitrogens with one attached hydrogen (secondary N) is 1. The summed E-state index contributed by atoms with van der Waals surface area (Å²) in [6.07, 6.45) is 1.43. The Morgan fingerprint density at radius 1 is 1.00 bits per heavy atom. The van der Waals surface area contributed by atoms with Crippen LogP contribution >= 0.6 is 0 Å². The molecule has 28 heavy (non-hydrogen) atoms. The van der Waals surface area contributed by atoms with Crippen molar-refractivity contribution in [3.8, 4) is 11.5 Å². The van der Waals surface area contributed by atoms with E-state index >= 15 is 0 Å². The van der Waals surface area contributed by atoms with E-state index in [4.69, 9.17) is 4.74 Å². The number of non-ortho nitro benzene ring substituents is 1. The number of fused-ring (bicyclic) bond motifs is 1. The molecule has 0 amide bonds. The first kappa shape index (κ1) is 17.4. The van der Waals surface area contributed by atoms with Gasteiger partial charge in [0.05, 0.1) is 10.4 Å². The van der Waals surface area contributed by atoms with Crippen molar-refractivity contribution in [1.82, 2.24) is 9.97 Å². The second-order valence-corrected chi connectivity index (χ2v) is 6.20. The molecule has 4 aromatic rings. The Morgan fingerprint density at radius 3 is 2.57 bits per heavy atom. The molecule has 0 unspecified atom stereocenters.